The molecule has 1 heterocycles. The summed E-state index contributed by atoms with van der Waals surface area (Å²) in [6.07, 6.45) is 5.38. The van der Waals surface area contributed by atoms with Gasteiger partial charge in [0.25, 0.3) is 0 Å². The predicted molar refractivity (Wildman–Crippen MR) is 132 cm³/mol. The van der Waals surface area contributed by atoms with E-state index in [9.17, 15) is 13.9 Å². The zero-order chi connectivity index (χ0) is 23.4. The molecule has 2 aromatic rings. The highest BCUT2D eigenvalue weighted by Crippen LogP contribution is 2.57. The van der Waals surface area contributed by atoms with Crippen LogP contribution in [0.25, 0.3) is 0 Å². The Morgan fingerprint density at radius 2 is 2.00 bits per heavy atom. The van der Waals surface area contributed by atoms with Crippen LogP contribution in [0.2, 0.25) is 0 Å². The molecule has 0 amide bonds. The van der Waals surface area contributed by atoms with Crippen LogP contribution in [-0.2, 0) is 4.79 Å². The lowest BCUT2D eigenvalue weighted by Crippen LogP contribution is -2.51. The van der Waals surface area contributed by atoms with Gasteiger partial charge in [-0.2, -0.15) is 0 Å². The van der Waals surface area contributed by atoms with Crippen molar-refractivity contribution in [1.82, 2.24) is 4.72 Å². The number of halogens is 1. The molecule has 0 bridgehead atoms. The molecule has 0 saturated carbocycles. The fraction of sp³-hybridized carbons (Fsp3) is 0.348. The predicted octanol–water partition coefficient (Wildman–Crippen LogP) is 6.53. The lowest BCUT2D eigenvalue weighted by molar-refractivity contribution is -0.131. The minimum Gasteiger partial charge on any atom is -0.478 e. The summed E-state index contributed by atoms with van der Waals surface area (Å²) in [5, 5.41) is 8.82. The van der Waals surface area contributed by atoms with Crippen LogP contribution < -0.4 is 14.4 Å². The Balaban J connectivity index is 2.16. The van der Waals surface area contributed by atoms with Gasteiger partial charge in [0.1, 0.15) is 10.6 Å². The van der Waals surface area contributed by atoms with Gasteiger partial charge in [-0.05, 0) is 47.0 Å². The Bertz CT molecular complexity index is 986. The number of rotatable bonds is 8. The first-order chi connectivity index (χ1) is 15.2. The largest absolute Gasteiger partial charge is 0.478 e. The van der Waals surface area contributed by atoms with Crippen LogP contribution in [-0.4, -0.2) is 32.3 Å². The summed E-state index contributed by atoms with van der Waals surface area (Å²) in [4.78, 5) is 13.2. The van der Waals surface area contributed by atoms with Crippen LogP contribution >= 0.6 is 26.7 Å². The summed E-state index contributed by atoms with van der Waals surface area (Å²) in [6, 6.07) is 13.2. The van der Waals surface area contributed by atoms with Crippen molar-refractivity contribution in [3.05, 3.63) is 59.3 Å². The van der Waals surface area contributed by atoms with Gasteiger partial charge in [-0.15, -0.1) is 10.8 Å². The molecule has 1 unspecified atom stereocenters. The molecule has 9 heteroatoms. The molecule has 1 aliphatic rings. The molecule has 32 heavy (non-hydrogen) atoms. The average Bonchev–Trinajstić information content (AvgIpc) is 2.85. The number of nitrogens with one attached hydrogen (secondary N) is 1. The molecule has 0 radical (unpaired) electrons. The number of hydrogen-bond donors (Lipinski definition) is 4. The third-order valence-electron chi connectivity index (χ3n) is 5.59. The van der Waals surface area contributed by atoms with Gasteiger partial charge < -0.3 is 14.7 Å². The molecular weight excluding hydrogens is 496 g/mol. The summed E-state index contributed by atoms with van der Waals surface area (Å²) in [5.74, 6) is -0.852. The second kappa shape index (κ2) is 10.3. The van der Waals surface area contributed by atoms with E-state index in [1.54, 1.807) is 12.1 Å². The molecule has 4 N–H and O–H groups in total. The highest BCUT2D eigenvalue weighted by molar-refractivity contribution is 9.10. The van der Waals surface area contributed by atoms with Gasteiger partial charge in [0.2, 0.25) is 0 Å². The van der Waals surface area contributed by atoms with Crippen molar-refractivity contribution >= 4 is 44.0 Å². The molecule has 0 aliphatic carbocycles. The van der Waals surface area contributed by atoms with Crippen LogP contribution in [0.5, 0.6) is 5.75 Å². The second-order valence-corrected chi connectivity index (χ2v) is 10.4. The Labute approximate surface area is 198 Å². The number of anilines is 2. The Morgan fingerprint density at radius 3 is 2.62 bits per heavy atom. The quantitative estimate of drug-likeness (QED) is 0.230. The molecule has 1 aliphatic heterocycles. The number of aliphatic carboxylic acids is 1. The van der Waals surface area contributed by atoms with Gasteiger partial charge >= 0.3 is 5.97 Å². The van der Waals surface area contributed by atoms with Crippen LogP contribution in [0.1, 0.15) is 39.5 Å². The number of benzene rings is 2. The van der Waals surface area contributed by atoms with Gasteiger partial charge in [0, 0.05) is 18.3 Å². The zero-order valence-electron chi connectivity index (χ0n) is 18.1. The van der Waals surface area contributed by atoms with Crippen LogP contribution in [0.15, 0.2) is 64.2 Å². The number of nitrogens with zero attached hydrogens (tertiary/aromatic N) is 1. The second-order valence-electron chi connectivity index (χ2n) is 7.82. The maximum absolute atomic E-state index is 11.3. The number of fused-ring (bicyclic) bond motifs is 1. The molecule has 0 spiro atoms. The van der Waals surface area contributed by atoms with E-state index in [-0.39, 0.29) is 5.75 Å². The fourth-order valence-corrected chi connectivity index (χ4v) is 6.02. The first kappa shape index (κ1) is 24.6. The maximum atomic E-state index is 11.3. The lowest BCUT2D eigenvalue weighted by Gasteiger charge is -2.42. The van der Waals surface area contributed by atoms with Crippen LogP contribution in [0.3, 0.4) is 0 Å². The van der Waals surface area contributed by atoms with Crippen molar-refractivity contribution in [1.29, 1.82) is 0 Å². The van der Waals surface area contributed by atoms with E-state index in [4.69, 9.17) is 9.84 Å². The molecule has 2 aromatic carbocycles. The smallest absolute Gasteiger partial charge is 0.331 e. The summed E-state index contributed by atoms with van der Waals surface area (Å²) in [6.45, 7) is 4.73. The topological polar surface area (TPSA) is 102 Å². The molecule has 7 nitrogen and oxygen atoms in total. The minimum atomic E-state index is -3.38. The summed E-state index contributed by atoms with van der Waals surface area (Å²) < 4.78 is 31.8. The number of carboxylic acid groups (broad SMARTS) is 1. The number of unbranched alkanes of at least 4 members (excludes halogenated alkanes) is 1. The highest BCUT2D eigenvalue weighted by atomic mass is 79.9. The van der Waals surface area contributed by atoms with Gasteiger partial charge in [-0.1, -0.05) is 44.9 Å². The first-order valence-corrected chi connectivity index (χ1v) is 12.8. The van der Waals surface area contributed by atoms with E-state index in [2.05, 4.69) is 39.4 Å². The molecule has 3 rings (SSSR count). The maximum Gasteiger partial charge on any atom is 0.331 e. The van der Waals surface area contributed by atoms with E-state index < -0.39 is 22.3 Å². The fourth-order valence-electron chi connectivity index (χ4n) is 3.84. The monoisotopic (exact) mass is 524 g/mol. The summed E-state index contributed by atoms with van der Waals surface area (Å²) >= 11 is 3.49. The highest BCUT2D eigenvalue weighted by Gasteiger charge is 2.41. The average molecular weight is 525 g/mol. The van der Waals surface area contributed by atoms with Gasteiger partial charge in [0.15, 0.2) is 0 Å². The van der Waals surface area contributed by atoms with Gasteiger partial charge in [-0.25, -0.2) is 9.52 Å². The van der Waals surface area contributed by atoms with Gasteiger partial charge in [-0.3, -0.25) is 9.11 Å². The molecule has 0 saturated heterocycles. The Kier molecular flexibility index (Phi) is 7.89. The summed E-state index contributed by atoms with van der Waals surface area (Å²) in [5.41, 5.74) is 1.07. The molecule has 174 valence electrons. The van der Waals surface area contributed by atoms with Crippen molar-refractivity contribution in [3.8, 4) is 5.75 Å². The van der Waals surface area contributed by atoms with E-state index in [0.717, 1.165) is 37.3 Å². The zero-order valence-corrected chi connectivity index (χ0v) is 20.5. The summed E-state index contributed by atoms with van der Waals surface area (Å²) in [7, 11) is -3.38. The normalized spacial score (nSPS) is 21.1. The molecule has 0 aromatic heterocycles. The minimum absolute atomic E-state index is 0.286. The number of carboxylic acids is 1. The van der Waals surface area contributed by atoms with Crippen molar-refractivity contribution in [2.75, 3.05) is 11.4 Å². The van der Waals surface area contributed by atoms with Crippen LogP contribution in [0, 0.1) is 0 Å². The van der Waals surface area contributed by atoms with Crippen molar-refractivity contribution in [3.63, 3.8) is 0 Å². The molecule has 1 atom stereocenters. The molecular formula is C23H29BrN2O5S. The van der Waals surface area contributed by atoms with Crippen molar-refractivity contribution in [2.24, 2.45) is 0 Å². The number of hydrogen-bond acceptors (Lipinski definition) is 6. The first-order valence-electron chi connectivity index (χ1n) is 10.5. The van der Waals surface area contributed by atoms with Gasteiger partial charge in [0.05, 0.1) is 28.0 Å². The number of carbonyl (C=O) groups is 1. The van der Waals surface area contributed by atoms with E-state index in [1.807, 2.05) is 30.3 Å². The Hall–Kier alpha value is -2.04. The van der Waals surface area contributed by atoms with Crippen molar-refractivity contribution in [2.45, 2.75) is 50.0 Å². The molecule has 0 fully saturated rings. The third kappa shape index (κ3) is 5.47. The van der Waals surface area contributed by atoms with E-state index in [1.165, 1.54) is 0 Å². The van der Waals surface area contributed by atoms with Crippen LogP contribution in [0.4, 0.5) is 11.4 Å². The van der Waals surface area contributed by atoms with Crippen molar-refractivity contribution < 1.29 is 23.7 Å². The number of ether oxygens (including phenoxy) is 1. The SMILES string of the molecule is CCCCC1(CC)CN(c2ccccc2)c2cc(Br)c(O/C=C/C(=O)O)cc2S(O)(O)N1. The van der Waals surface area contributed by atoms with E-state index >= 15 is 0 Å². The standard InChI is InChI=1S/C23H29BrN2O5S/c1-3-5-12-23(4-2)16-26(17-9-7-6-8-10-17)19-14-18(24)20(31-13-11-22(27)28)15-21(19)32(29,30)25-23/h6-11,13-15,25,29-30H,3-5,12,16H2,1-2H3,(H,27,28)/b13-11+. The lowest BCUT2D eigenvalue weighted by atomic mass is 9.89. The number of para-hydroxylation sites is 1. The van der Waals surface area contributed by atoms with E-state index in [0.29, 0.717) is 28.0 Å². The Morgan fingerprint density at radius 1 is 1.28 bits per heavy atom. The third-order valence-corrected chi connectivity index (χ3v) is 7.87.